The van der Waals surface area contributed by atoms with E-state index in [4.69, 9.17) is 14.2 Å². The third-order valence-corrected chi connectivity index (χ3v) is 5.21. The number of hydrogen-bond donors (Lipinski definition) is 2. The summed E-state index contributed by atoms with van der Waals surface area (Å²) in [7, 11) is 0. The van der Waals surface area contributed by atoms with Gasteiger partial charge in [0.25, 0.3) is 5.56 Å². The number of likely N-dealkylation sites (tertiary alicyclic amines) is 1. The number of aliphatic hydroxyl groups excluding tert-OH is 1. The van der Waals surface area contributed by atoms with Crippen LogP contribution < -0.4 is 11.2 Å². The molecule has 3 aliphatic heterocycles. The Kier molecular flexibility index (Phi) is 4.52. The highest BCUT2D eigenvalue weighted by Gasteiger charge is 2.55. The number of nitrogens with one attached hydrogen (secondary N) is 1. The van der Waals surface area contributed by atoms with Crippen LogP contribution in [0.2, 0.25) is 0 Å². The second-order valence-electron chi connectivity index (χ2n) is 7.62. The minimum Gasteiger partial charge on any atom is -0.394 e. The fraction of sp³-hybridized carbons (Fsp3) is 0.765. The van der Waals surface area contributed by atoms with Gasteiger partial charge in [0.2, 0.25) is 0 Å². The molecule has 3 aliphatic rings. The van der Waals surface area contributed by atoms with Crippen LogP contribution in [-0.2, 0) is 20.8 Å². The van der Waals surface area contributed by atoms with E-state index in [1.807, 2.05) is 0 Å². The molecular formula is C17H25N3O6. The second-order valence-corrected chi connectivity index (χ2v) is 7.62. The van der Waals surface area contributed by atoms with Gasteiger partial charge in [0.15, 0.2) is 12.0 Å². The van der Waals surface area contributed by atoms with E-state index in [9.17, 15) is 14.7 Å². The van der Waals surface area contributed by atoms with E-state index in [-0.39, 0.29) is 12.2 Å². The van der Waals surface area contributed by atoms with Crippen LogP contribution in [0.1, 0.15) is 38.5 Å². The molecule has 0 saturated carbocycles. The van der Waals surface area contributed by atoms with Crippen LogP contribution in [0.15, 0.2) is 15.8 Å². The number of aromatic nitrogens is 2. The van der Waals surface area contributed by atoms with Crippen molar-refractivity contribution in [1.82, 2.24) is 14.5 Å². The van der Waals surface area contributed by atoms with E-state index < -0.39 is 36.0 Å². The fourth-order valence-corrected chi connectivity index (χ4v) is 4.04. The molecule has 0 aromatic carbocycles. The summed E-state index contributed by atoms with van der Waals surface area (Å²) in [4.78, 5) is 29.2. The minimum absolute atomic E-state index is 0.240. The van der Waals surface area contributed by atoms with Crippen LogP contribution in [0, 0.1) is 0 Å². The van der Waals surface area contributed by atoms with Crippen molar-refractivity contribution in [3.63, 3.8) is 0 Å². The third-order valence-electron chi connectivity index (χ3n) is 5.21. The quantitative estimate of drug-likeness (QED) is 0.742. The Bertz CT molecular complexity index is 781. The zero-order valence-electron chi connectivity index (χ0n) is 15.0. The Morgan fingerprint density at radius 1 is 1.23 bits per heavy atom. The van der Waals surface area contributed by atoms with Crippen LogP contribution in [0.3, 0.4) is 0 Å². The third kappa shape index (κ3) is 3.14. The predicted molar refractivity (Wildman–Crippen MR) is 90.7 cm³/mol. The van der Waals surface area contributed by atoms with Gasteiger partial charge in [-0.2, -0.15) is 0 Å². The summed E-state index contributed by atoms with van der Waals surface area (Å²) in [5, 5.41) is 9.59. The summed E-state index contributed by atoms with van der Waals surface area (Å²) >= 11 is 0. The van der Waals surface area contributed by atoms with Gasteiger partial charge in [-0.1, -0.05) is 0 Å². The van der Waals surface area contributed by atoms with Crippen molar-refractivity contribution in [2.75, 3.05) is 19.7 Å². The first-order valence-corrected chi connectivity index (χ1v) is 9.06. The molecule has 144 valence electrons. The average Bonchev–Trinajstić information content (AvgIpc) is 3.25. The average molecular weight is 367 g/mol. The first kappa shape index (κ1) is 17.9. The SMILES string of the molecule is CC1(C)OC2[C@@H](CO)O[C@@H](n3cc(CN4CCCC4)c(=O)[nH]c3=O)[C@H]2O1. The number of H-pyrrole nitrogens is 1. The van der Waals surface area contributed by atoms with Gasteiger partial charge in [-0.15, -0.1) is 0 Å². The van der Waals surface area contributed by atoms with Crippen molar-refractivity contribution in [3.8, 4) is 0 Å². The second kappa shape index (κ2) is 6.58. The predicted octanol–water partition coefficient (Wildman–Crippen LogP) is -0.458. The maximum Gasteiger partial charge on any atom is 0.330 e. The number of rotatable bonds is 4. The lowest BCUT2D eigenvalue weighted by atomic mass is 10.1. The topological polar surface area (TPSA) is 106 Å². The highest BCUT2D eigenvalue weighted by molar-refractivity contribution is 5.07. The Balaban J connectivity index is 1.66. The van der Waals surface area contributed by atoms with E-state index >= 15 is 0 Å². The van der Waals surface area contributed by atoms with Crippen LogP contribution in [-0.4, -0.2) is 63.4 Å². The molecule has 9 heteroatoms. The molecule has 0 aliphatic carbocycles. The lowest BCUT2D eigenvalue weighted by molar-refractivity contribution is -0.200. The number of aromatic amines is 1. The van der Waals surface area contributed by atoms with E-state index in [2.05, 4.69) is 9.88 Å². The summed E-state index contributed by atoms with van der Waals surface area (Å²) < 4.78 is 18.9. The number of nitrogens with zero attached hydrogens (tertiary/aromatic N) is 2. The van der Waals surface area contributed by atoms with Gasteiger partial charge in [0, 0.05) is 18.3 Å². The molecule has 4 rings (SSSR count). The Hall–Kier alpha value is -1.52. The first-order valence-electron chi connectivity index (χ1n) is 9.06. The van der Waals surface area contributed by atoms with Crippen molar-refractivity contribution in [3.05, 3.63) is 32.6 Å². The molecule has 0 spiro atoms. The number of ether oxygens (including phenoxy) is 3. The molecule has 0 bridgehead atoms. The van der Waals surface area contributed by atoms with Gasteiger partial charge in [0.05, 0.1) is 6.61 Å². The zero-order valence-corrected chi connectivity index (χ0v) is 15.0. The van der Waals surface area contributed by atoms with Gasteiger partial charge in [-0.3, -0.25) is 19.2 Å². The molecule has 1 unspecified atom stereocenters. The van der Waals surface area contributed by atoms with Crippen molar-refractivity contribution in [2.45, 2.75) is 63.6 Å². The molecule has 26 heavy (non-hydrogen) atoms. The Labute approximate surface area is 150 Å². The molecule has 4 atom stereocenters. The molecule has 4 heterocycles. The van der Waals surface area contributed by atoms with E-state index in [1.54, 1.807) is 20.0 Å². The minimum atomic E-state index is -0.824. The molecule has 1 aromatic rings. The molecular weight excluding hydrogens is 342 g/mol. The smallest absolute Gasteiger partial charge is 0.330 e. The molecule has 9 nitrogen and oxygen atoms in total. The zero-order chi connectivity index (χ0) is 18.5. The number of aliphatic hydroxyl groups is 1. The Morgan fingerprint density at radius 2 is 1.92 bits per heavy atom. The summed E-state index contributed by atoms with van der Waals surface area (Å²) in [6.07, 6.45) is 1.42. The molecule has 1 aromatic heterocycles. The van der Waals surface area contributed by atoms with Crippen molar-refractivity contribution >= 4 is 0 Å². The highest BCUT2D eigenvalue weighted by atomic mass is 16.8. The fourth-order valence-electron chi connectivity index (χ4n) is 4.04. The monoisotopic (exact) mass is 367 g/mol. The summed E-state index contributed by atoms with van der Waals surface area (Å²) in [6.45, 7) is 5.71. The van der Waals surface area contributed by atoms with Gasteiger partial charge in [-0.25, -0.2) is 4.79 Å². The maximum absolute atomic E-state index is 12.4. The van der Waals surface area contributed by atoms with Gasteiger partial charge in [0.1, 0.15) is 18.3 Å². The Morgan fingerprint density at radius 3 is 2.62 bits per heavy atom. The number of fused-ring (bicyclic) bond motifs is 1. The lowest BCUT2D eigenvalue weighted by Crippen LogP contribution is -2.39. The van der Waals surface area contributed by atoms with Gasteiger partial charge >= 0.3 is 5.69 Å². The molecule has 3 saturated heterocycles. The summed E-state index contributed by atoms with van der Waals surface area (Å²) in [5.41, 5.74) is -0.427. The van der Waals surface area contributed by atoms with Crippen molar-refractivity contribution < 1.29 is 19.3 Å². The summed E-state index contributed by atoms with van der Waals surface area (Å²) in [6, 6.07) is 0. The lowest BCUT2D eigenvalue weighted by Gasteiger charge is -2.24. The first-order chi connectivity index (χ1) is 12.4. The molecule has 0 amide bonds. The van der Waals surface area contributed by atoms with Crippen LogP contribution in [0.5, 0.6) is 0 Å². The largest absolute Gasteiger partial charge is 0.394 e. The van der Waals surface area contributed by atoms with E-state index in [1.165, 1.54) is 4.57 Å². The van der Waals surface area contributed by atoms with Crippen LogP contribution in [0.4, 0.5) is 0 Å². The molecule has 0 radical (unpaired) electrons. The van der Waals surface area contributed by atoms with Crippen molar-refractivity contribution in [1.29, 1.82) is 0 Å². The maximum atomic E-state index is 12.4. The standard InChI is InChI=1S/C17H25N3O6/c1-17(2)25-12-11(9-21)24-15(13(12)26-17)20-8-10(14(22)18-16(20)23)7-19-5-3-4-6-19/h8,11-13,15,21H,3-7,9H2,1-2H3,(H,18,22,23)/t11-,12?,13+,15-/m1/s1. The highest BCUT2D eigenvalue weighted by Crippen LogP contribution is 2.42. The van der Waals surface area contributed by atoms with Crippen LogP contribution >= 0.6 is 0 Å². The normalized spacial score (nSPS) is 33.7. The van der Waals surface area contributed by atoms with E-state index in [0.717, 1.165) is 25.9 Å². The van der Waals surface area contributed by atoms with Crippen LogP contribution in [0.25, 0.3) is 0 Å². The number of hydrogen-bond acceptors (Lipinski definition) is 7. The summed E-state index contributed by atoms with van der Waals surface area (Å²) in [5.74, 6) is -0.824. The molecule has 2 N–H and O–H groups in total. The molecule has 3 fully saturated rings. The van der Waals surface area contributed by atoms with Crippen molar-refractivity contribution in [2.24, 2.45) is 0 Å². The van der Waals surface area contributed by atoms with Gasteiger partial charge < -0.3 is 19.3 Å². The van der Waals surface area contributed by atoms with E-state index in [0.29, 0.717) is 12.1 Å². The van der Waals surface area contributed by atoms with Gasteiger partial charge in [-0.05, 0) is 39.8 Å².